The lowest BCUT2D eigenvalue weighted by atomic mass is 9.46. The maximum Gasteiger partial charge on any atom is 0.411 e. The van der Waals surface area contributed by atoms with Crippen LogP contribution in [-0.2, 0) is 0 Å². The van der Waals surface area contributed by atoms with Crippen LogP contribution < -0.4 is 5.32 Å². The Labute approximate surface area is 251 Å². The number of nitrogens with one attached hydrogen (secondary N) is 1. The Kier molecular flexibility index (Phi) is 9.68. The molecule has 0 spiro atoms. The Morgan fingerprint density at radius 1 is 1.07 bits per heavy atom. The summed E-state index contributed by atoms with van der Waals surface area (Å²) in [6.45, 7) is 26.1. The lowest BCUT2D eigenvalue weighted by Crippen LogP contribution is -2.50. The van der Waals surface area contributed by atoms with E-state index in [1.54, 1.807) is 5.57 Å². The molecule has 3 saturated carbocycles. The molecule has 0 radical (unpaired) electrons. The van der Waals surface area contributed by atoms with Crippen molar-refractivity contribution in [2.45, 2.75) is 119 Å². The van der Waals surface area contributed by atoms with Crippen molar-refractivity contribution >= 4 is 11.8 Å². The summed E-state index contributed by atoms with van der Waals surface area (Å²) in [5.74, 6) is 2.90. The van der Waals surface area contributed by atoms with Gasteiger partial charge in [-0.3, -0.25) is 9.89 Å². The van der Waals surface area contributed by atoms with Gasteiger partial charge in [0.1, 0.15) is 0 Å². The SMILES string of the molecule is C=C1C=C2CCC3C(CCC4(C)C(C(C)=NCC(=C)N(CCC5NCCC5(C)C)C(=O)O)CCC34)C2(C)CC1.CC. The smallest absolute Gasteiger partial charge is 0.411 e. The summed E-state index contributed by atoms with van der Waals surface area (Å²) in [5.41, 5.74) is 5.69. The molecule has 7 unspecified atom stereocenters. The predicted octanol–water partition coefficient (Wildman–Crippen LogP) is 8.88. The summed E-state index contributed by atoms with van der Waals surface area (Å²) in [5, 5.41) is 13.5. The number of amides is 1. The van der Waals surface area contributed by atoms with E-state index in [2.05, 4.69) is 59.2 Å². The lowest BCUT2D eigenvalue weighted by molar-refractivity contribution is -0.0417. The van der Waals surface area contributed by atoms with Crippen LogP contribution in [0.3, 0.4) is 0 Å². The summed E-state index contributed by atoms with van der Waals surface area (Å²) in [4.78, 5) is 18.6. The molecule has 41 heavy (non-hydrogen) atoms. The molecule has 0 aromatic carbocycles. The number of carboxylic acid groups (broad SMARTS) is 1. The second-order valence-electron chi connectivity index (χ2n) is 14.8. The molecule has 0 aromatic heterocycles. The number of allylic oxidation sites excluding steroid dienone is 3. The summed E-state index contributed by atoms with van der Waals surface area (Å²) in [6, 6.07) is 0.337. The third-order valence-electron chi connectivity index (χ3n) is 12.5. The summed E-state index contributed by atoms with van der Waals surface area (Å²) < 4.78 is 0. The van der Waals surface area contributed by atoms with Crippen molar-refractivity contribution in [3.63, 3.8) is 0 Å². The normalized spacial score (nSPS) is 37.6. The third-order valence-corrected chi connectivity index (χ3v) is 12.5. The lowest BCUT2D eigenvalue weighted by Gasteiger charge is -2.58. The van der Waals surface area contributed by atoms with Gasteiger partial charge in [0.2, 0.25) is 0 Å². The standard InChI is InChI=1S/C34H53N3O2.C2H6/c1-22-12-15-33(6)25(20-22)8-9-26-28-11-10-27(34(28,7)16-13-29(26)33)24(3)36-21-23(2)37(31(38)39)19-14-30-32(4,5)17-18-35-30;1-2/h20,26-30,35H,1-2,8-19,21H2,3-7H3,(H,38,39);1-2H3. The molecule has 2 N–H and O–H groups in total. The summed E-state index contributed by atoms with van der Waals surface area (Å²) >= 11 is 0. The highest BCUT2D eigenvalue weighted by molar-refractivity contribution is 5.85. The molecule has 5 rings (SSSR count). The topological polar surface area (TPSA) is 64.9 Å². The number of fused-ring (bicyclic) bond motifs is 5. The molecule has 5 aliphatic rings. The Hall–Kier alpha value is -1.88. The fraction of sp³-hybridized carbons (Fsp3) is 0.778. The predicted molar refractivity (Wildman–Crippen MR) is 172 cm³/mol. The molecule has 4 aliphatic carbocycles. The maximum atomic E-state index is 12.1. The van der Waals surface area contributed by atoms with Crippen molar-refractivity contribution < 1.29 is 9.90 Å². The van der Waals surface area contributed by atoms with Gasteiger partial charge in [-0.2, -0.15) is 0 Å². The van der Waals surface area contributed by atoms with Gasteiger partial charge in [-0.15, -0.1) is 0 Å². The Balaban J connectivity index is 0.00000189. The van der Waals surface area contributed by atoms with E-state index < -0.39 is 6.09 Å². The molecule has 1 saturated heterocycles. The first-order valence-corrected chi connectivity index (χ1v) is 16.7. The Morgan fingerprint density at radius 3 is 2.46 bits per heavy atom. The zero-order valence-corrected chi connectivity index (χ0v) is 27.3. The van der Waals surface area contributed by atoms with E-state index in [0.717, 1.165) is 43.6 Å². The van der Waals surface area contributed by atoms with Crippen molar-refractivity contribution in [3.8, 4) is 0 Å². The quantitative estimate of drug-likeness (QED) is 0.303. The van der Waals surface area contributed by atoms with Gasteiger partial charge in [0.15, 0.2) is 0 Å². The molecule has 5 heteroatoms. The molecule has 4 fully saturated rings. The highest BCUT2D eigenvalue weighted by Gasteiger charge is 2.59. The third kappa shape index (κ3) is 5.99. The van der Waals surface area contributed by atoms with Gasteiger partial charge in [-0.1, -0.05) is 71.9 Å². The number of hydrogen-bond acceptors (Lipinski definition) is 3. The highest BCUT2D eigenvalue weighted by Crippen LogP contribution is 2.67. The number of aliphatic imine (C=N–C) groups is 1. The van der Waals surface area contributed by atoms with Crippen LogP contribution in [-0.4, -0.2) is 47.5 Å². The second kappa shape index (κ2) is 12.4. The molecule has 0 bridgehead atoms. The number of carbonyl (C=O) groups is 1. The fourth-order valence-corrected chi connectivity index (χ4v) is 9.91. The van der Waals surface area contributed by atoms with E-state index in [-0.39, 0.29) is 5.41 Å². The summed E-state index contributed by atoms with van der Waals surface area (Å²) in [6.07, 6.45) is 13.6. The van der Waals surface area contributed by atoms with Crippen molar-refractivity contribution in [3.05, 3.63) is 36.1 Å². The van der Waals surface area contributed by atoms with E-state index in [1.165, 1.54) is 61.1 Å². The van der Waals surface area contributed by atoms with Gasteiger partial charge in [0, 0.05) is 29.9 Å². The number of nitrogens with zero attached hydrogens (tertiary/aromatic N) is 2. The molecule has 230 valence electrons. The van der Waals surface area contributed by atoms with Crippen LogP contribution in [0, 0.1) is 39.9 Å². The monoisotopic (exact) mass is 565 g/mol. The van der Waals surface area contributed by atoms with Crippen LogP contribution in [0.15, 0.2) is 41.1 Å². The molecule has 7 atom stereocenters. The van der Waals surface area contributed by atoms with Gasteiger partial charge < -0.3 is 10.4 Å². The van der Waals surface area contributed by atoms with Crippen LogP contribution >= 0.6 is 0 Å². The van der Waals surface area contributed by atoms with Gasteiger partial charge >= 0.3 is 6.09 Å². The van der Waals surface area contributed by atoms with Crippen molar-refractivity contribution in [1.82, 2.24) is 10.2 Å². The van der Waals surface area contributed by atoms with E-state index in [9.17, 15) is 9.90 Å². The minimum Gasteiger partial charge on any atom is -0.465 e. The van der Waals surface area contributed by atoms with Crippen LogP contribution in [0.2, 0.25) is 0 Å². The first kappa shape index (κ1) is 32.0. The Bertz CT molecular complexity index is 1070. The average Bonchev–Trinajstić information content (AvgIpc) is 3.46. The van der Waals surface area contributed by atoms with Gasteiger partial charge in [0.05, 0.1) is 6.54 Å². The zero-order chi connectivity index (χ0) is 30.2. The van der Waals surface area contributed by atoms with Crippen molar-refractivity contribution in [2.75, 3.05) is 19.6 Å². The minimum atomic E-state index is -0.916. The molecule has 5 nitrogen and oxygen atoms in total. The Morgan fingerprint density at radius 2 is 1.80 bits per heavy atom. The first-order chi connectivity index (χ1) is 19.4. The van der Waals surface area contributed by atoms with Crippen molar-refractivity contribution in [1.29, 1.82) is 0 Å². The zero-order valence-electron chi connectivity index (χ0n) is 27.3. The molecule has 1 amide bonds. The van der Waals surface area contributed by atoms with Crippen LogP contribution in [0.4, 0.5) is 4.79 Å². The van der Waals surface area contributed by atoms with Gasteiger partial charge in [0.25, 0.3) is 0 Å². The van der Waals surface area contributed by atoms with E-state index >= 15 is 0 Å². The summed E-state index contributed by atoms with van der Waals surface area (Å²) in [7, 11) is 0. The molecule has 1 aliphatic heterocycles. The molecular weight excluding hydrogens is 506 g/mol. The second-order valence-corrected chi connectivity index (χ2v) is 14.8. The minimum absolute atomic E-state index is 0.201. The number of rotatable bonds is 7. The first-order valence-electron chi connectivity index (χ1n) is 16.7. The van der Waals surface area contributed by atoms with Crippen LogP contribution in [0.1, 0.15) is 113 Å². The largest absolute Gasteiger partial charge is 0.465 e. The van der Waals surface area contributed by atoms with Gasteiger partial charge in [-0.05, 0) is 112 Å². The van der Waals surface area contributed by atoms with Crippen LogP contribution in [0.25, 0.3) is 0 Å². The van der Waals surface area contributed by atoms with Gasteiger partial charge in [-0.25, -0.2) is 4.79 Å². The average molecular weight is 566 g/mol. The number of hydrogen-bond donors (Lipinski definition) is 2. The molecule has 0 aromatic rings. The fourth-order valence-electron chi connectivity index (χ4n) is 9.91. The van der Waals surface area contributed by atoms with E-state index in [1.807, 2.05) is 13.8 Å². The van der Waals surface area contributed by atoms with Crippen molar-refractivity contribution in [2.24, 2.45) is 44.9 Å². The van der Waals surface area contributed by atoms with E-state index in [4.69, 9.17) is 4.99 Å². The van der Waals surface area contributed by atoms with E-state index in [0.29, 0.717) is 41.6 Å². The maximum absolute atomic E-state index is 12.1. The van der Waals surface area contributed by atoms with Crippen LogP contribution in [0.5, 0.6) is 0 Å². The molecular formula is C36H59N3O2. The molecule has 1 heterocycles. The highest BCUT2D eigenvalue weighted by atomic mass is 16.4.